The SMILES string of the molecule is CCCCOC(=O)c1ccc(NC(=O)COC(=O)c2cccc(N3C(=O)[C@@H]4[C@H]5C[C@@H]([C@H](Cl)[C@H]5Cl)[C@H]4C3=O)c2)cc1. The third kappa shape index (κ3) is 5.20. The number of unbranched alkanes of at least 4 members (excludes halogenated alkanes) is 1. The largest absolute Gasteiger partial charge is 0.462 e. The van der Waals surface area contributed by atoms with Crippen LogP contribution in [0.25, 0.3) is 0 Å². The lowest BCUT2D eigenvalue weighted by Gasteiger charge is -2.28. The number of halogens is 2. The molecule has 1 aliphatic heterocycles. The van der Waals surface area contributed by atoms with Crippen molar-refractivity contribution in [1.82, 2.24) is 0 Å². The zero-order valence-electron chi connectivity index (χ0n) is 21.7. The van der Waals surface area contributed by atoms with Crippen LogP contribution in [0.2, 0.25) is 0 Å². The van der Waals surface area contributed by atoms with Crippen molar-refractivity contribution in [2.75, 3.05) is 23.4 Å². The van der Waals surface area contributed by atoms with Crippen LogP contribution in [0.4, 0.5) is 11.4 Å². The van der Waals surface area contributed by atoms with Gasteiger partial charge in [0.25, 0.3) is 5.91 Å². The Morgan fingerprint density at radius 1 is 0.900 bits per heavy atom. The normalized spacial score (nSPS) is 26.5. The molecule has 1 saturated heterocycles. The minimum atomic E-state index is -0.789. The molecule has 3 fully saturated rings. The summed E-state index contributed by atoms with van der Waals surface area (Å²) in [6.45, 7) is 1.78. The molecular weight excluding hydrogens is 559 g/mol. The predicted molar refractivity (Wildman–Crippen MR) is 147 cm³/mol. The van der Waals surface area contributed by atoms with E-state index in [1.807, 2.05) is 6.92 Å². The van der Waals surface area contributed by atoms with Crippen molar-refractivity contribution in [3.05, 3.63) is 59.7 Å². The van der Waals surface area contributed by atoms with Gasteiger partial charge in [0, 0.05) is 5.69 Å². The Labute approximate surface area is 241 Å². The predicted octanol–water partition coefficient (Wildman–Crippen LogP) is 4.41. The van der Waals surface area contributed by atoms with Gasteiger partial charge in [0.1, 0.15) is 0 Å². The van der Waals surface area contributed by atoms with Gasteiger partial charge in [-0.25, -0.2) is 9.59 Å². The average molecular weight is 587 g/mol. The minimum Gasteiger partial charge on any atom is -0.462 e. The molecule has 0 unspecified atom stereocenters. The molecule has 2 aromatic carbocycles. The summed E-state index contributed by atoms with van der Waals surface area (Å²) in [6.07, 6.45) is 2.36. The van der Waals surface area contributed by atoms with Crippen molar-refractivity contribution in [3.63, 3.8) is 0 Å². The second-order valence-electron chi connectivity index (χ2n) is 10.3. The first-order chi connectivity index (χ1) is 19.2. The molecular formula is C29H28Cl2N2O7. The van der Waals surface area contributed by atoms with Crippen LogP contribution in [0, 0.1) is 23.7 Å². The molecule has 0 radical (unpaired) electrons. The number of rotatable bonds is 9. The summed E-state index contributed by atoms with van der Waals surface area (Å²) < 4.78 is 10.3. The molecule has 1 N–H and O–H groups in total. The van der Waals surface area contributed by atoms with Crippen molar-refractivity contribution >= 4 is 64.2 Å². The quantitative estimate of drug-likeness (QED) is 0.200. The number of hydrogen-bond donors (Lipinski definition) is 1. The summed E-state index contributed by atoms with van der Waals surface area (Å²) in [6, 6.07) is 12.1. The molecule has 6 atom stereocenters. The fourth-order valence-electron chi connectivity index (χ4n) is 5.87. The lowest BCUT2D eigenvalue weighted by Crippen LogP contribution is -2.37. The van der Waals surface area contributed by atoms with Crippen LogP contribution < -0.4 is 10.2 Å². The van der Waals surface area contributed by atoms with Crippen molar-refractivity contribution in [1.29, 1.82) is 0 Å². The first-order valence-electron chi connectivity index (χ1n) is 13.2. The molecule has 2 aromatic rings. The molecule has 5 rings (SSSR count). The molecule has 1 heterocycles. The molecule has 0 aromatic heterocycles. The van der Waals surface area contributed by atoms with E-state index in [0.29, 0.717) is 24.3 Å². The number of ether oxygens (including phenoxy) is 2. The van der Waals surface area contributed by atoms with Gasteiger partial charge in [-0.15, -0.1) is 23.2 Å². The van der Waals surface area contributed by atoms with Gasteiger partial charge in [0.05, 0.1) is 46.0 Å². The highest BCUT2D eigenvalue weighted by Gasteiger charge is 2.66. The van der Waals surface area contributed by atoms with Crippen LogP contribution in [0.15, 0.2) is 48.5 Å². The van der Waals surface area contributed by atoms with Gasteiger partial charge >= 0.3 is 11.9 Å². The minimum absolute atomic E-state index is 0.0855. The second kappa shape index (κ2) is 11.6. The number of hydrogen-bond acceptors (Lipinski definition) is 7. The van der Waals surface area contributed by atoms with Gasteiger partial charge < -0.3 is 14.8 Å². The summed E-state index contributed by atoms with van der Waals surface area (Å²) in [5.41, 5.74) is 1.12. The Bertz CT molecular complexity index is 1320. The van der Waals surface area contributed by atoms with Crippen molar-refractivity contribution in [2.24, 2.45) is 23.7 Å². The number of alkyl halides is 2. The number of nitrogens with one attached hydrogen (secondary N) is 1. The second-order valence-corrected chi connectivity index (χ2v) is 11.3. The van der Waals surface area contributed by atoms with Crippen LogP contribution in [-0.2, 0) is 23.9 Å². The molecule has 2 aliphatic carbocycles. The molecule has 11 heteroatoms. The van der Waals surface area contributed by atoms with Crippen LogP contribution in [0.1, 0.15) is 46.9 Å². The highest BCUT2D eigenvalue weighted by Crippen LogP contribution is 2.59. The highest BCUT2D eigenvalue weighted by atomic mass is 35.5. The van der Waals surface area contributed by atoms with Gasteiger partial charge in [-0.2, -0.15) is 0 Å². The number of esters is 2. The van der Waals surface area contributed by atoms with Gasteiger partial charge in [0.15, 0.2) is 6.61 Å². The lowest BCUT2D eigenvalue weighted by atomic mass is 9.80. The monoisotopic (exact) mass is 586 g/mol. The third-order valence-corrected chi connectivity index (χ3v) is 9.12. The number of anilines is 2. The smallest absolute Gasteiger partial charge is 0.338 e. The van der Waals surface area contributed by atoms with E-state index in [0.717, 1.165) is 17.7 Å². The van der Waals surface area contributed by atoms with E-state index in [9.17, 15) is 24.0 Å². The van der Waals surface area contributed by atoms with E-state index in [4.69, 9.17) is 32.7 Å². The zero-order chi connectivity index (χ0) is 28.6. The standard InChI is InChI=1S/C29H28Cl2N2O7/c1-2-3-11-39-28(37)15-7-9-17(10-8-15)32-21(34)14-40-29(38)16-5-4-6-18(12-16)33-26(35)22-19-13-20(23(22)27(33)36)25(31)24(19)30/h4-10,12,19-20,22-25H,2-3,11,13-14H2,1H3,(H,32,34)/t19-,20-,22-,23-,24+,25+/m1/s1. The lowest BCUT2D eigenvalue weighted by molar-refractivity contribution is -0.123. The Kier molecular flexibility index (Phi) is 8.14. The summed E-state index contributed by atoms with van der Waals surface area (Å²) in [4.78, 5) is 64.6. The fraction of sp³-hybridized carbons (Fsp3) is 0.414. The van der Waals surface area contributed by atoms with Crippen LogP contribution in [-0.4, -0.2) is 53.6 Å². The molecule has 3 amide bonds. The Hall–Kier alpha value is -3.43. The van der Waals surface area contributed by atoms with Crippen molar-refractivity contribution in [2.45, 2.75) is 36.9 Å². The number of carbonyl (C=O) groups excluding carboxylic acids is 5. The maximum Gasteiger partial charge on any atom is 0.338 e. The highest BCUT2D eigenvalue weighted by molar-refractivity contribution is 6.32. The van der Waals surface area contributed by atoms with E-state index in [1.54, 1.807) is 24.3 Å². The summed E-state index contributed by atoms with van der Waals surface area (Å²) >= 11 is 12.8. The maximum atomic E-state index is 13.2. The number of benzene rings is 2. The van der Waals surface area contributed by atoms with Crippen molar-refractivity contribution in [3.8, 4) is 0 Å². The molecule has 9 nitrogen and oxygen atoms in total. The van der Waals surface area contributed by atoms with Gasteiger partial charge in [-0.1, -0.05) is 19.4 Å². The Balaban J connectivity index is 1.17. The zero-order valence-corrected chi connectivity index (χ0v) is 23.2. The topological polar surface area (TPSA) is 119 Å². The molecule has 0 spiro atoms. The molecule has 2 saturated carbocycles. The molecule has 40 heavy (non-hydrogen) atoms. The average Bonchev–Trinajstić information content (AvgIpc) is 3.57. The Morgan fingerprint density at radius 3 is 2.15 bits per heavy atom. The van der Waals surface area contributed by atoms with Crippen molar-refractivity contribution < 1.29 is 33.4 Å². The first kappa shape index (κ1) is 28.1. The van der Waals surface area contributed by atoms with Gasteiger partial charge in [-0.3, -0.25) is 19.3 Å². The number of carbonyl (C=O) groups is 5. The van der Waals surface area contributed by atoms with Crippen LogP contribution >= 0.6 is 23.2 Å². The molecule has 210 valence electrons. The number of imide groups is 1. The van der Waals surface area contributed by atoms with E-state index >= 15 is 0 Å². The number of amides is 3. The first-order valence-corrected chi connectivity index (χ1v) is 14.1. The van der Waals surface area contributed by atoms with Crippen LogP contribution in [0.5, 0.6) is 0 Å². The van der Waals surface area contributed by atoms with E-state index in [1.165, 1.54) is 24.3 Å². The molecule has 2 bridgehead atoms. The van der Waals surface area contributed by atoms with Gasteiger partial charge in [0.2, 0.25) is 11.8 Å². The van der Waals surface area contributed by atoms with E-state index < -0.39 is 36.3 Å². The van der Waals surface area contributed by atoms with E-state index in [2.05, 4.69) is 5.32 Å². The maximum absolute atomic E-state index is 13.2. The van der Waals surface area contributed by atoms with E-state index in [-0.39, 0.29) is 45.7 Å². The molecule has 3 aliphatic rings. The summed E-state index contributed by atoms with van der Waals surface area (Å²) in [5, 5.41) is 1.87. The number of fused-ring (bicyclic) bond motifs is 5. The summed E-state index contributed by atoms with van der Waals surface area (Å²) in [5.74, 6) is -3.78. The summed E-state index contributed by atoms with van der Waals surface area (Å²) in [7, 11) is 0. The third-order valence-electron chi connectivity index (χ3n) is 7.80. The fourth-order valence-corrected chi connectivity index (χ4v) is 6.76. The van der Waals surface area contributed by atoms with Gasteiger partial charge in [-0.05, 0) is 67.1 Å². The Morgan fingerprint density at radius 2 is 1.52 bits per heavy atom. The van der Waals surface area contributed by atoms with Crippen LogP contribution in [0.3, 0.4) is 0 Å². The number of nitrogens with zero attached hydrogens (tertiary/aromatic N) is 1.